The molecular weight excluding hydrogens is 242 g/mol. The normalized spacial score (nSPS) is 11.9. The second-order valence-electron chi connectivity index (χ2n) is 3.50. The van der Waals surface area contributed by atoms with Gasteiger partial charge in [0.1, 0.15) is 6.33 Å². The smallest absolute Gasteiger partial charge is 0.321 e. The van der Waals surface area contributed by atoms with E-state index in [4.69, 9.17) is 9.84 Å². The molecule has 1 atom stereocenters. The van der Waals surface area contributed by atoms with Crippen molar-refractivity contribution in [3.05, 3.63) is 6.33 Å². The van der Waals surface area contributed by atoms with Crippen molar-refractivity contribution in [2.45, 2.75) is 12.5 Å². The first-order valence-corrected chi connectivity index (χ1v) is 5.16. The number of carboxylic acid groups (broad SMARTS) is 1. The minimum Gasteiger partial charge on any atom is -0.481 e. The summed E-state index contributed by atoms with van der Waals surface area (Å²) in [7, 11) is 3.01. The molecule has 0 aliphatic carbocycles. The van der Waals surface area contributed by atoms with Crippen LogP contribution in [0.5, 0.6) is 0 Å². The monoisotopic (exact) mass is 257 g/mol. The molecule has 0 aromatic carbocycles. The van der Waals surface area contributed by atoms with Crippen molar-refractivity contribution >= 4 is 17.9 Å². The highest BCUT2D eigenvalue weighted by Crippen LogP contribution is 1.98. The fourth-order valence-corrected chi connectivity index (χ4v) is 1.20. The van der Waals surface area contributed by atoms with Crippen LogP contribution in [0.15, 0.2) is 6.33 Å². The molecule has 100 valence electrons. The fourth-order valence-electron chi connectivity index (χ4n) is 1.20. The third kappa shape index (κ3) is 4.37. The molecule has 9 heteroatoms. The lowest BCUT2D eigenvalue weighted by Gasteiger charge is -2.14. The van der Waals surface area contributed by atoms with Crippen molar-refractivity contribution in [3.63, 3.8) is 0 Å². The Bertz CT molecular complexity index is 419. The predicted octanol–water partition coefficient (Wildman–Crippen LogP) is -0.574. The van der Waals surface area contributed by atoms with Gasteiger partial charge >= 0.3 is 12.0 Å². The van der Waals surface area contributed by atoms with Gasteiger partial charge in [0.25, 0.3) is 0 Å². The number of rotatable bonds is 6. The van der Waals surface area contributed by atoms with E-state index in [0.29, 0.717) is 5.95 Å². The number of aliphatic carboxylic acids is 1. The van der Waals surface area contributed by atoms with E-state index in [9.17, 15) is 9.59 Å². The first-order valence-electron chi connectivity index (χ1n) is 5.16. The summed E-state index contributed by atoms with van der Waals surface area (Å²) < 4.78 is 6.31. The molecule has 0 saturated heterocycles. The SMILES string of the molecule is COC(CNC(=O)Nc1ncnn1C)CC(=O)O. The van der Waals surface area contributed by atoms with Crippen molar-refractivity contribution in [1.82, 2.24) is 20.1 Å². The summed E-state index contributed by atoms with van der Waals surface area (Å²) in [5, 5.41) is 17.3. The molecule has 1 unspecified atom stereocenters. The number of ether oxygens (including phenoxy) is 1. The lowest BCUT2D eigenvalue weighted by Crippen LogP contribution is -2.37. The summed E-state index contributed by atoms with van der Waals surface area (Å²) in [6, 6.07) is -0.501. The van der Waals surface area contributed by atoms with Crippen LogP contribution in [0, 0.1) is 0 Å². The maximum atomic E-state index is 11.5. The van der Waals surface area contributed by atoms with Gasteiger partial charge in [-0.15, -0.1) is 0 Å². The average Bonchev–Trinajstić information content (AvgIpc) is 2.70. The highest BCUT2D eigenvalue weighted by molar-refractivity contribution is 5.87. The summed E-state index contributed by atoms with van der Waals surface area (Å²) in [5.41, 5.74) is 0. The van der Waals surface area contributed by atoms with E-state index in [1.807, 2.05) is 0 Å². The molecule has 18 heavy (non-hydrogen) atoms. The van der Waals surface area contributed by atoms with Crippen molar-refractivity contribution in [2.75, 3.05) is 19.0 Å². The molecule has 0 spiro atoms. The lowest BCUT2D eigenvalue weighted by atomic mass is 10.2. The van der Waals surface area contributed by atoms with E-state index >= 15 is 0 Å². The Balaban J connectivity index is 2.36. The number of nitrogens with zero attached hydrogens (tertiary/aromatic N) is 3. The Labute approximate surface area is 103 Å². The van der Waals surface area contributed by atoms with Crippen LogP contribution in [-0.4, -0.2) is 51.6 Å². The molecule has 0 aliphatic rings. The largest absolute Gasteiger partial charge is 0.481 e. The van der Waals surface area contributed by atoms with E-state index in [1.165, 1.54) is 18.1 Å². The summed E-state index contributed by atoms with van der Waals surface area (Å²) >= 11 is 0. The number of aromatic nitrogens is 3. The number of carbonyl (C=O) groups is 2. The van der Waals surface area contributed by atoms with Crippen LogP contribution in [0.1, 0.15) is 6.42 Å². The molecule has 0 saturated carbocycles. The number of hydrogen-bond acceptors (Lipinski definition) is 5. The summed E-state index contributed by atoms with van der Waals surface area (Å²) in [6.07, 6.45) is 0.548. The summed E-state index contributed by atoms with van der Waals surface area (Å²) in [4.78, 5) is 25.8. The number of carbonyl (C=O) groups excluding carboxylic acids is 1. The number of hydrogen-bond donors (Lipinski definition) is 3. The third-order valence-electron chi connectivity index (χ3n) is 2.16. The second-order valence-corrected chi connectivity index (χ2v) is 3.50. The number of amides is 2. The minimum absolute atomic E-state index is 0.0898. The van der Waals surface area contributed by atoms with Gasteiger partial charge in [-0.1, -0.05) is 0 Å². The molecule has 0 aliphatic heterocycles. The number of aryl methyl sites for hydroxylation is 1. The van der Waals surface area contributed by atoms with E-state index in [-0.39, 0.29) is 13.0 Å². The van der Waals surface area contributed by atoms with Gasteiger partial charge in [0, 0.05) is 20.7 Å². The van der Waals surface area contributed by atoms with Gasteiger partial charge in [-0.25, -0.2) is 9.48 Å². The maximum absolute atomic E-state index is 11.5. The maximum Gasteiger partial charge on any atom is 0.321 e. The standard InChI is InChI=1S/C9H15N5O4/c1-14-8(11-5-12-14)13-9(17)10-4-6(18-2)3-7(15)16/h5-6H,3-4H2,1-2H3,(H,15,16)(H2,10,11,12,13,17). The van der Waals surface area contributed by atoms with Crippen LogP contribution in [0.25, 0.3) is 0 Å². The number of urea groups is 1. The van der Waals surface area contributed by atoms with E-state index in [2.05, 4.69) is 20.7 Å². The topological polar surface area (TPSA) is 118 Å². The molecule has 1 rings (SSSR count). The first-order chi connectivity index (χ1) is 8.52. The van der Waals surface area contributed by atoms with Gasteiger partial charge in [-0.3, -0.25) is 10.1 Å². The van der Waals surface area contributed by atoms with Crippen LogP contribution < -0.4 is 10.6 Å². The Morgan fingerprint density at radius 3 is 2.83 bits per heavy atom. The zero-order valence-electron chi connectivity index (χ0n) is 10.1. The van der Waals surface area contributed by atoms with E-state index < -0.39 is 18.1 Å². The molecule has 1 aromatic rings. The van der Waals surface area contributed by atoms with Crippen molar-refractivity contribution in [3.8, 4) is 0 Å². The Morgan fingerprint density at radius 1 is 1.61 bits per heavy atom. The quantitative estimate of drug-likeness (QED) is 0.627. The highest BCUT2D eigenvalue weighted by atomic mass is 16.5. The molecule has 3 N–H and O–H groups in total. The number of methoxy groups -OCH3 is 1. The summed E-state index contributed by atoms with van der Waals surface area (Å²) in [5.74, 6) is -0.697. The van der Waals surface area contributed by atoms with Crippen LogP contribution >= 0.6 is 0 Å². The molecule has 0 bridgehead atoms. The van der Waals surface area contributed by atoms with Crippen molar-refractivity contribution in [1.29, 1.82) is 0 Å². The molecule has 0 radical (unpaired) electrons. The van der Waals surface area contributed by atoms with Crippen LogP contribution in [-0.2, 0) is 16.6 Å². The van der Waals surface area contributed by atoms with Crippen LogP contribution in [0.3, 0.4) is 0 Å². The molecule has 1 aromatic heterocycles. The number of carboxylic acids is 1. The van der Waals surface area contributed by atoms with E-state index in [1.54, 1.807) is 7.05 Å². The predicted molar refractivity (Wildman–Crippen MR) is 61.1 cm³/mol. The zero-order chi connectivity index (χ0) is 13.5. The van der Waals surface area contributed by atoms with Crippen molar-refractivity contribution < 1.29 is 19.4 Å². The Kier molecular flexibility index (Phi) is 5.06. The minimum atomic E-state index is -0.989. The van der Waals surface area contributed by atoms with E-state index in [0.717, 1.165) is 0 Å². The lowest BCUT2D eigenvalue weighted by molar-refractivity contribution is -0.139. The van der Waals surface area contributed by atoms with Gasteiger partial charge in [-0.05, 0) is 0 Å². The van der Waals surface area contributed by atoms with Gasteiger partial charge in [-0.2, -0.15) is 10.1 Å². The fraction of sp³-hybridized carbons (Fsp3) is 0.556. The third-order valence-corrected chi connectivity index (χ3v) is 2.16. The van der Waals surface area contributed by atoms with Crippen LogP contribution in [0.2, 0.25) is 0 Å². The molecule has 1 heterocycles. The van der Waals surface area contributed by atoms with Gasteiger partial charge in [0.2, 0.25) is 5.95 Å². The zero-order valence-corrected chi connectivity index (χ0v) is 10.1. The first kappa shape index (κ1) is 13.9. The summed E-state index contributed by atoms with van der Waals surface area (Å²) in [6.45, 7) is 0.0898. The van der Waals surface area contributed by atoms with Gasteiger partial charge in [0.05, 0.1) is 12.5 Å². The molecular formula is C9H15N5O4. The Morgan fingerprint density at radius 2 is 2.33 bits per heavy atom. The number of nitrogens with one attached hydrogen (secondary N) is 2. The average molecular weight is 257 g/mol. The Hall–Kier alpha value is -2.16. The highest BCUT2D eigenvalue weighted by Gasteiger charge is 2.14. The molecule has 0 fully saturated rings. The van der Waals surface area contributed by atoms with Crippen LogP contribution in [0.4, 0.5) is 10.7 Å². The molecule has 2 amide bonds. The van der Waals surface area contributed by atoms with Crippen molar-refractivity contribution in [2.24, 2.45) is 7.05 Å². The van der Waals surface area contributed by atoms with Gasteiger partial charge in [0.15, 0.2) is 0 Å². The number of anilines is 1. The van der Waals surface area contributed by atoms with Gasteiger partial charge < -0.3 is 15.2 Å². The molecule has 9 nitrogen and oxygen atoms in total. The second kappa shape index (κ2) is 6.55.